The average molecular weight is 413 g/mol. The molecule has 0 bridgehead atoms. The molecule has 0 spiro atoms. The van der Waals surface area contributed by atoms with E-state index < -0.39 is 0 Å². The summed E-state index contributed by atoms with van der Waals surface area (Å²) in [5.41, 5.74) is 4.08. The minimum Gasteiger partial charge on any atom is -0.357 e. The molecule has 1 unspecified atom stereocenters. The molecule has 1 atom stereocenters. The van der Waals surface area contributed by atoms with E-state index in [2.05, 4.69) is 53.3 Å². The van der Waals surface area contributed by atoms with Crippen molar-refractivity contribution in [3.63, 3.8) is 0 Å². The number of hydrogen-bond acceptors (Lipinski definition) is 3. The summed E-state index contributed by atoms with van der Waals surface area (Å²) in [7, 11) is 3.54. The monoisotopic (exact) mass is 412 g/mol. The summed E-state index contributed by atoms with van der Waals surface area (Å²) < 4.78 is 2.05. The van der Waals surface area contributed by atoms with Crippen molar-refractivity contribution in [2.24, 2.45) is 10.9 Å². The highest BCUT2D eigenvalue weighted by molar-refractivity contribution is 5.94. The zero-order valence-electron chi connectivity index (χ0n) is 19.2. The van der Waals surface area contributed by atoms with Crippen molar-refractivity contribution in [2.75, 3.05) is 33.7 Å². The Morgan fingerprint density at radius 3 is 2.63 bits per heavy atom. The second kappa shape index (κ2) is 11.4. The van der Waals surface area contributed by atoms with Crippen LogP contribution in [0.4, 0.5) is 0 Å². The van der Waals surface area contributed by atoms with Gasteiger partial charge in [0.1, 0.15) is 0 Å². The highest BCUT2D eigenvalue weighted by atomic mass is 16.2. The molecule has 0 saturated heterocycles. The number of carbonyl (C=O) groups is 1. The van der Waals surface area contributed by atoms with Gasteiger partial charge in [0.2, 0.25) is 0 Å². The van der Waals surface area contributed by atoms with Gasteiger partial charge in [-0.3, -0.25) is 14.5 Å². The first-order valence-electron chi connectivity index (χ1n) is 10.6. The Kier molecular flexibility index (Phi) is 8.89. The number of nitrogens with zero attached hydrogens (tertiary/aromatic N) is 4. The maximum atomic E-state index is 12.1. The van der Waals surface area contributed by atoms with E-state index in [1.165, 1.54) is 5.69 Å². The number of nitrogens with one attached hydrogen (secondary N) is 2. The molecule has 30 heavy (non-hydrogen) atoms. The molecule has 1 amide bonds. The van der Waals surface area contributed by atoms with E-state index in [9.17, 15) is 4.79 Å². The summed E-state index contributed by atoms with van der Waals surface area (Å²) in [6.45, 7) is 11.5. The third-order valence-electron chi connectivity index (χ3n) is 4.78. The van der Waals surface area contributed by atoms with Gasteiger partial charge in [0, 0.05) is 51.5 Å². The fourth-order valence-corrected chi connectivity index (χ4v) is 3.24. The number of benzene rings is 1. The van der Waals surface area contributed by atoms with E-state index in [0.29, 0.717) is 5.92 Å². The molecule has 0 aliphatic heterocycles. The van der Waals surface area contributed by atoms with Gasteiger partial charge < -0.3 is 15.5 Å². The minimum atomic E-state index is 0.0244. The standard InChI is InChI=1S/C23H36N6O/c1-7-24-23(26-15-17(2)16-29-19(4)13-18(3)27-29)25-12-11-20-9-8-10-21(14-20)22(30)28(5)6/h8-10,13-14,17H,7,11-12,15-16H2,1-6H3,(H2,24,25,26). The van der Waals surface area contributed by atoms with Gasteiger partial charge in [0.15, 0.2) is 5.96 Å². The first kappa shape index (κ1) is 23.4. The van der Waals surface area contributed by atoms with Gasteiger partial charge in [0.05, 0.1) is 5.69 Å². The third-order valence-corrected chi connectivity index (χ3v) is 4.78. The van der Waals surface area contributed by atoms with Crippen molar-refractivity contribution in [3.05, 3.63) is 52.8 Å². The predicted octanol–water partition coefficient (Wildman–Crippen LogP) is 2.64. The second-order valence-corrected chi connectivity index (χ2v) is 8.01. The molecule has 0 fully saturated rings. The first-order chi connectivity index (χ1) is 14.3. The van der Waals surface area contributed by atoms with Crippen molar-refractivity contribution in [1.82, 2.24) is 25.3 Å². The van der Waals surface area contributed by atoms with Crippen LogP contribution >= 0.6 is 0 Å². The van der Waals surface area contributed by atoms with Crippen LogP contribution in [-0.4, -0.2) is 60.3 Å². The number of aliphatic imine (C=N–C) groups is 1. The Morgan fingerprint density at radius 1 is 1.23 bits per heavy atom. The number of carbonyl (C=O) groups excluding carboxylic acids is 1. The summed E-state index contributed by atoms with van der Waals surface area (Å²) >= 11 is 0. The topological polar surface area (TPSA) is 74.5 Å². The van der Waals surface area contributed by atoms with Crippen LogP contribution in [0.3, 0.4) is 0 Å². The van der Waals surface area contributed by atoms with Gasteiger partial charge >= 0.3 is 0 Å². The van der Waals surface area contributed by atoms with Crippen LogP contribution in [0.15, 0.2) is 35.3 Å². The predicted molar refractivity (Wildman–Crippen MR) is 123 cm³/mol. The van der Waals surface area contributed by atoms with Gasteiger partial charge in [-0.15, -0.1) is 0 Å². The van der Waals surface area contributed by atoms with Crippen LogP contribution in [0.1, 0.15) is 41.2 Å². The highest BCUT2D eigenvalue weighted by Gasteiger charge is 2.09. The summed E-state index contributed by atoms with van der Waals surface area (Å²) in [4.78, 5) is 18.5. The fraction of sp³-hybridized carbons (Fsp3) is 0.522. The number of guanidine groups is 1. The van der Waals surface area contributed by atoms with Crippen molar-refractivity contribution in [1.29, 1.82) is 0 Å². The normalized spacial score (nSPS) is 12.5. The molecule has 7 nitrogen and oxygen atoms in total. The van der Waals surface area contributed by atoms with E-state index >= 15 is 0 Å². The molecular formula is C23H36N6O. The summed E-state index contributed by atoms with van der Waals surface area (Å²) in [6.07, 6.45) is 0.820. The number of aromatic nitrogens is 2. The van der Waals surface area contributed by atoms with Crippen LogP contribution in [0.5, 0.6) is 0 Å². The van der Waals surface area contributed by atoms with Gasteiger partial charge in [-0.25, -0.2) is 0 Å². The second-order valence-electron chi connectivity index (χ2n) is 8.01. The Hall–Kier alpha value is -2.83. The maximum Gasteiger partial charge on any atom is 0.253 e. The van der Waals surface area contributed by atoms with Crippen molar-refractivity contribution in [3.8, 4) is 0 Å². The first-order valence-corrected chi connectivity index (χ1v) is 10.6. The molecule has 2 aromatic rings. The summed E-state index contributed by atoms with van der Waals surface area (Å²) in [6, 6.07) is 9.91. The van der Waals surface area contributed by atoms with Crippen molar-refractivity contribution < 1.29 is 4.79 Å². The zero-order chi connectivity index (χ0) is 22.1. The van der Waals surface area contributed by atoms with Gasteiger partial charge in [0.25, 0.3) is 5.91 Å². The van der Waals surface area contributed by atoms with Crippen LogP contribution in [0.2, 0.25) is 0 Å². The number of hydrogen-bond donors (Lipinski definition) is 2. The number of aryl methyl sites for hydroxylation is 2. The smallest absolute Gasteiger partial charge is 0.253 e. The Balaban J connectivity index is 1.88. The van der Waals surface area contributed by atoms with Crippen LogP contribution < -0.4 is 10.6 Å². The van der Waals surface area contributed by atoms with Crippen LogP contribution in [0, 0.1) is 19.8 Å². The number of rotatable bonds is 9. The SMILES string of the molecule is CCNC(=NCC(C)Cn1nc(C)cc1C)NCCc1cccc(C(=O)N(C)C)c1. The van der Waals surface area contributed by atoms with Gasteiger partial charge in [-0.05, 0) is 56.9 Å². The Morgan fingerprint density at radius 2 is 2.00 bits per heavy atom. The Labute approximate surface area is 180 Å². The van der Waals surface area contributed by atoms with Gasteiger partial charge in [-0.2, -0.15) is 5.10 Å². The van der Waals surface area contributed by atoms with E-state index in [1.54, 1.807) is 19.0 Å². The highest BCUT2D eigenvalue weighted by Crippen LogP contribution is 2.08. The molecule has 0 aliphatic rings. The zero-order valence-corrected chi connectivity index (χ0v) is 19.2. The number of amides is 1. The lowest BCUT2D eigenvalue weighted by molar-refractivity contribution is 0.0827. The molecule has 2 N–H and O–H groups in total. The molecular weight excluding hydrogens is 376 g/mol. The lowest BCUT2D eigenvalue weighted by Crippen LogP contribution is -2.38. The largest absolute Gasteiger partial charge is 0.357 e. The lowest BCUT2D eigenvalue weighted by Gasteiger charge is -2.15. The molecule has 0 aliphatic carbocycles. The van der Waals surface area contributed by atoms with E-state index in [-0.39, 0.29) is 5.91 Å². The van der Waals surface area contributed by atoms with Crippen molar-refractivity contribution in [2.45, 2.75) is 40.7 Å². The molecule has 7 heteroatoms. The molecule has 164 valence electrons. The van der Waals surface area contributed by atoms with Crippen LogP contribution in [0.25, 0.3) is 0 Å². The average Bonchev–Trinajstić information content (AvgIpc) is 3.02. The molecule has 0 radical (unpaired) electrons. The molecule has 0 saturated carbocycles. The molecule has 2 rings (SSSR count). The molecule has 1 aromatic heterocycles. The van der Waals surface area contributed by atoms with Crippen LogP contribution in [-0.2, 0) is 13.0 Å². The minimum absolute atomic E-state index is 0.0244. The summed E-state index contributed by atoms with van der Waals surface area (Å²) in [5.74, 6) is 1.22. The van der Waals surface area contributed by atoms with E-state index in [4.69, 9.17) is 4.99 Å². The fourth-order valence-electron chi connectivity index (χ4n) is 3.24. The maximum absolute atomic E-state index is 12.1. The van der Waals surface area contributed by atoms with E-state index in [1.807, 2.05) is 25.1 Å². The van der Waals surface area contributed by atoms with Crippen molar-refractivity contribution >= 4 is 11.9 Å². The Bertz CT molecular complexity index is 855. The quantitative estimate of drug-likeness (QED) is 0.490. The third kappa shape index (κ3) is 7.21. The molecule has 1 heterocycles. The van der Waals surface area contributed by atoms with E-state index in [0.717, 1.165) is 55.4 Å². The summed E-state index contributed by atoms with van der Waals surface area (Å²) in [5, 5.41) is 11.2. The lowest BCUT2D eigenvalue weighted by atomic mass is 10.1. The van der Waals surface area contributed by atoms with Gasteiger partial charge in [-0.1, -0.05) is 19.1 Å². The molecule has 1 aromatic carbocycles.